The summed E-state index contributed by atoms with van der Waals surface area (Å²) in [5, 5.41) is 10.5. The van der Waals surface area contributed by atoms with Crippen LogP contribution in [0.4, 0.5) is 0 Å². The standard InChI is InChI=1S/C20H18O3/c1-2-17-19(16(21)13-12-14-8-4-3-5-9-14)20(22)15-10-6-7-11-18(15)23-17/h3-13,17,22H,2H2,1H3/b13-12+. The molecule has 2 aromatic carbocycles. The number of benzene rings is 2. The average Bonchev–Trinajstić information content (AvgIpc) is 2.60. The van der Waals surface area contributed by atoms with Gasteiger partial charge >= 0.3 is 0 Å². The predicted molar refractivity (Wildman–Crippen MR) is 91.2 cm³/mol. The molecule has 1 aliphatic heterocycles. The van der Waals surface area contributed by atoms with Gasteiger partial charge in [-0.3, -0.25) is 4.79 Å². The zero-order valence-electron chi connectivity index (χ0n) is 12.9. The third-order valence-corrected chi connectivity index (χ3v) is 3.85. The molecule has 0 fully saturated rings. The Labute approximate surface area is 135 Å². The van der Waals surface area contributed by atoms with Crippen molar-refractivity contribution in [3.63, 3.8) is 0 Å². The molecule has 0 spiro atoms. The summed E-state index contributed by atoms with van der Waals surface area (Å²) in [5.74, 6) is 0.398. The maximum Gasteiger partial charge on any atom is 0.189 e. The van der Waals surface area contributed by atoms with E-state index in [0.717, 1.165) is 5.56 Å². The minimum atomic E-state index is -0.433. The molecule has 0 saturated heterocycles. The Bertz CT molecular complexity index is 772. The van der Waals surface area contributed by atoms with Crippen LogP contribution < -0.4 is 4.74 Å². The van der Waals surface area contributed by atoms with Crippen LogP contribution in [0.25, 0.3) is 11.8 Å². The second-order valence-corrected chi connectivity index (χ2v) is 5.38. The van der Waals surface area contributed by atoms with E-state index in [4.69, 9.17) is 4.74 Å². The zero-order valence-corrected chi connectivity index (χ0v) is 12.9. The molecule has 3 heteroatoms. The summed E-state index contributed by atoms with van der Waals surface area (Å²) in [5.41, 5.74) is 1.82. The van der Waals surface area contributed by atoms with Gasteiger partial charge in [0.15, 0.2) is 5.78 Å². The molecule has 1 atom stereocenters. The van der Waals surface area contributed by atoms with Gasteiger partial charge in [0.05, 0.1) is 11.1 Å². The van der Waals surface area contributed by atoms with E-state index in [1.165, 1.54) is 6.08 Å². The van der Waals surface area contributed by atoms with Gasteiger partial charge in [-0.05, 0) is 30.2 Å². The fraction of sp³-hybridized carbons (Fsp3) is 0.150. The van der Waals surface area contributed by atoms with E-state index in [2.05, 4.69) is 0 Å². The number of ether oxygens (including phenoxy) is 1. The van der Waals surface area contributed by atoms with Gasteiger partial charge in [-0.15, -0.1) is 0 Å². The lowest BCUT2D eigenvalue weighted by atomic mass is 9.94. The number of aliphatic hydroxyl groups is 1. The van der Waals surface area contributed by atoms with Crippen LogP contribution in [0.15, 0.2) is 66.2 Å². The second-order valence-electron chi connectivity index (χ2n) is 5.38. The molecule has 0 saturated carbocycles. The van der Waals surface area contributed by atoms with Gasteiger partial charge in [0.2, 0.25) is 0 Å². The van der Waals surface area contributed by atoms with E-state index in [0.29, 0.717) is 23.3 Å². The highest BCUT2D eigenvalue weighted by atomic mass is 16.5. The molecule has 3 rings (SSSR count). The highest BCUT2D eigenvalue weighted by molar-refractivity contribution is 6.11. The zero-order chi connectivity index (χ0) is 16.2. The lowest BCUT2D eigenvalue weighted by molar-refractivity contribution is -0.112. The van der Waals surface area contributed by atoms with Crippen LogP contribution in [-0.4, -0.2) is 17.0 Å². The van der Waals surface area contributed by atoms with Crippen LogP contribution in [0.2, 0.25) is 0 Å². The van der Waals surface area contributed by atoms with Gasteiger partial charge in [-0.25, -0.2) is 0 Å². The van der Waals surface area contributed by atoms with Crippen LogP contribution >= 0.6 is 0 Å². The topological polar surface area (TPSA) is 46.5 Å². The van der Waals surface area contributed by atoms with Crippen molar-refractivity contribution in [2.75, 3.05) is 0 Å². The number of fused-ring (bicyclic) bond motifs is 1. The van der Waals surface area contributed by atoms with E-state index >= 15 is 0 Å². The molecule has 116 valence electrons. The number of ketones is 1. The molecule has 0 bridgehead atoms. The summed E-state index contributed by atoms with van der Waals surface area (Å²) in [6.45, 7) is 1.93. The Morgan fingerprint density at radius 1 is 1.13 bits per heavy atom. The molecule has 0 radical (unpaired) electrons. The largest absolute Gasteiger partial charge is 0.507 e. The smallest absolute Gasteiger partial charge is 0.189 e. The van der Waals surface area contributed by atoms with Crippen LogP contribution in [0.3, 0.4) is 0 Å². The molecule has 23 heavy (non-hydrogen) atoms. The monoisotopic (exact) mass is 306 g/mol. The number of para-hydroxylation sites is 1. The number of hydrogen-bond donors (Lipinski definition) is 1. The Morgan fingerprint density at radius 2 is 1.83 bits per heavy atom. The third kappa shape index (κ3) is 3.04. The normalized spacial score (nSPS) is 17.0. The summed E-state index contributed by atoms with van der Waals surface area (Å²) in [6, 6.07) is 16.8. The number of carbonyl (C=O) groups is 1. The van der Waals surface area contributed by atoms with Crippen molar-refractivity contribution in [1.29, 1.82) is 0 Å². The lowest BCUT2D eigenvalue weighted by Crippen LogP contribution is -2.28. The van der Waals surface area contributed by atoms with Crippen LogP contribution in [0.5, 0.6) is 5.75 Å². The molecule has 0 aromatic heterocycles. The molecular weight excluding hydrogens is 288 g/mol. The first-order valence-corrected chi connectivity index (χ1v) is 7.67. The van der Waals surface area contributed by atoms with Crippen molar-refractivity contribution in [1.82, 2.24) is 0 Å². The number of aliphatic hydroxyl groups excluding tert-OH is 1. The molecule has 2 aromatic rings. The fourth-order valence-corrected chi connectivity index (χ4v) is 2.66. The van der Waals surface area contributed by atoms with Crippen LogP contribution in [0, 0.1) is 0 Å². The van der Waals surface area contributed by atoms with Crippen molar-refractivity contribution < 1.29 is 14.6 Å². The van der Waals surface area contributed by atoms with Crippen molar-refractivity contribution in [2.45, 2.75) is 19.4 Å². The highest BCUT2D eigenvalue weighted by Gasteiger charge is 2.30. The Morgan fingerprint density at radius 3 is 2.57 bits per heavy atom. The maximum absolute atomic E-state index is 12.6. The van der Waals surface area contributed by atoms with E-state index in [1.54, 1.807) is 18.2 Å². The summed E-state index contributed by atoms with van der Waals surface area (Å²) >= 11 is 0. The molecule has 3 nitrogen and oxygen atoms in total. The van der Waals surface area contributed by atoms with Gasteiger partial charge in [0.25, 0.3) is 0 Å². The minimum Gasteiger partial charge on any atom is -0.507 e. The molecule has 1 aliphatic rings. The number of hydrogen-bond acceptors (Lipinski definition) is 3. The number of rotatable bonds is 4. The van der Waals surface area contributed by atoms with Crippen molar-refractivity contribution in [2.24, 2.45) is 0 Å². The molecule has 0 amide bonds. The maximum atomic E-state index is 12.6. The summed E-state index contributed by atoms with van der Waals surface area (Å²) in [6.07, 6.45) is 3.41. The summed E-state index contributed by atoms with van der Waals surface area (Å²) in [7, 11) is 0. The predicted octanol–water partition coefficient (Wildman–Crippen LogP) is 4.41. The van der Waals surface area contributed by atoms with E-state index in [-0.39, 0.29) is 11.5 Å². The Kier molecular flexibility index (Phi) is 4.29. The van der Waals surface area contributed by atoms with Crippen LogP contribution in [-0.2, 0) is 4.79 Å². The van der Waals surface area contributed by atoms with Gasteiger partial charge in [0.1, 0.15) is 17.6 Å². The third-order valence-electron chi connectivity index (χ3n) is 3.85. The quantitative estimate of drug-likeness (QED) is 0.851. The average molecular weight is 306 g/mol. The van der Waals surface area contributed by atoms with Crippen molar-refractivity contribution in [3.8, 4) is 5.75 Å². The molecular formula is C20H18O3. The first kappa shape index (κ1) is 15.1. The Hall–Kier alpha value is -2.81. The second kappa shape index (κ2) is 6.53. The fourth-order valence-electron chi connectivity index (χ4n) is 2.66. The van der Waals surface area contributed by atoms with E-state index in [9.17, 15) is 9.90 Å². The molecule has 1 heterocycles. The minimum absolute atomic E-state index is 0.0152. The Balaban J connectivity index is 1.96. The van der Waals surface area contributed by atoms with Gasteiger partial charge in [0, 0.05) is 0 Å². The summed E-state index contributed by atoms with van der Waals surface area (Å²) < 4.78 is 5.86. The van der Waals surface area contributed by atoms with E-state index in [1.807, 2.05) is 49.4 Å². The number of carbonyl (C=O) groups excluding carboxylic acids is 1. The SMILES string of the molecule is CCC1Oc2ccccc2C(O)=C1C(=O)/C=C/c1ccccc1. The van der Waals surface area contributed by atoms with E-state index < -0.39 is 6.10 Å². The first-order valence-electron chi connectivity index (χ1n) is 7.67. The highest BCUT2D eigenvalue weighted by Crippen LogP contribution is 2.35. The van der Waals surface area contributed by atoms with Gasteiger partial charge in [-0.1, -0.05) is 55.5 Å². The summed E-state index contributed by atoms with van der Waals surface area (Å²) in [4.78, 5) is 12.6. The van der Waals surface area contributed by atoms with Crippen molar-refractivity contribution in [3.05, 3.63) is 77.4 Å². The molecule has 1 unspecified atom stereocenters. The van der Waals surface area contributed by atoms with Gasteiger partial charge in [-0.2, -0.15) is 0 Å². The molecule has 1 N–H and O–H groups in total. The number of allylic oxidation sites excluding steroid dienone is 1. The van der Waals surface area contributed by atoms with Crippen LogP contribution in [0.1, 0.15) is 24.5 Å². The first-order chi connectivity index (χ1) is 11.2. The lowest BCUT2D eigenvalue weighted by Gasteiger charge is -2.27. The van der Waals surface area contributed by atoms with Gasteiger partial charge < -0.3 is 9.84 Å². The molecule has 0 aliphatic carbocycles. The van der Waals surface area contributed by atoms with Crippen molar-refractivity contribution >= 4 is 17.6 Å².